The third kappa shape index (κ3) is 3.28. The van der Waals surface area contributed by atoms with E-state index in [1.165, 1.54) is 12.8 Å². The molecule has 0 bridgehead atoms. The van der Waals surface area contributed by atoms with Gasteiger partial charge in [0, 0.05) is 6.54 Å². The predicted octanol–water partition coefficient (Wildman–Crippen LogP) is 1.06. The monoisotopic (exact) mass is 236 g/mol. The van der Waals surface area contributed by atoms with E-state index in [0.29, 0.717) is 0 Å². The van der Waals surface area contributed by atoms with Crippen molar-refractivity contribution in [1.29, 1.82) is 0 Å². The molecule has 1 fully saturated rings. The van der Waals surface area contributed by atoms with Crippen LogP contribution in [0.3, 0.4) is 0 Å². The van der Waals surface area contributed by atoms with Crippen LogP contribution in [0.25, 0.3) is 0 Å². The SMILES string of the molecule is CCCCn1nnc(CC(N)=O)c1CC1CC1. The average Bonchev–Trinajstić information content (AvgIpc) is 3.02. The molecule has 94 valence electrons. The Morgan fingerprint density at radius 2 is 2.29 bits per heavy atom. The van der Waals surface area contributed by atoms with Crippen LogP contribution in [0.4, 0.5) is 0 Å². The fraction of sp³-hybridized carbons (Fsp3) is 0.750. The van der Waals surface area contributed by atoms with Crippen LogP contribution in [-0.2, 0) is 24.2 Å². The van der Waals surface area contributed by atoms with Crippen molar-refractivity contribution in [1.82, 2.24) is 15.0 Å². The van der Waals surface area contributed by atoms with Crippen LogP contribution in [-0.4, -0.2) is 20.9 Å². The van der Waals surface area contributed by atoms with E-state index in [1.54, 1.807) is 0 Å². The molecule has 1 saturated carbocycles. The molecule has 0 unspecified atom stereocenters. The Morgan fingerprint density at radius 1 is 1.53 bits per heavy atom. The van der Waals surface area contributed by atoms with Crippen molar-refractivity contribution in [3.05, 3.63) is 11.4 Å². The minimum Gasteiger partial charge on any atom is -0.369 e. The van der Waals surface area contributed by atoms with E-state index in [1.807, 2.05) is 4.68 Å². The molecule has 17 heavy (non-hydrogen) atoms. The Kier molecular flexibility index (Phi) is 3.76. The molecule has 5 nitrogen and oxygen atoms in total. The van der Waals surface area contributed by atoms with Crippen molar-refractivity contribution in [3.63, 3.8) is 0 Å². The van der Waals surface area contributed by atoms with Gasteiger partial charge < -0.3 is 5.73 Å². The Morgan fingerprint density at radius 3 is 2.88 bits per heavy atom. The molecule has 2 N–H and O–H groups in total. The molecule has 0 saturated heterocycles. The topological polar surface area (TPSA) is 73.8 Å². The lowest BCUT2D eigenvalue weighted by Gasteiger charge is -2.06. The number of hydrogen-bond acceptors (Lipinski definition) is 3. The van der Waals surface area contributed by atoms with Gasteiger partial charge in [0.1, 0.15) is 0 Å². The molecule has 0 spiro atoms. The maximum atomic E-state index is 11.0. The Labute approximate surface area is 101 Å². The van der Waals surface area contributed by atoms with Crippen LogP contribution < -0.4 is 5.73 Å². The summed E-state index contributed by atoms with van der Waals surface area (Å²) in [5, 5.41) is 8.25. The highest BCUT2D eigenvalue weighted by Crippen LogP contribution is 2.33. The van der Waals surface area contributed by atoms with Crippen molar-refractivity contribution in [2.75, 3.05) is 0 Å². The second-order valence-corrected chi connectivity index (χ2v) is 4.85. The highest BCUT2D eigenvalue weighted by atomic mass is 16.1. The minimum absolute atomic E-state index is 0.216. The number of carbonyl (C=O) groups excluding carboxylic acids is 1. The van der Waals surface area contributed by atoms with Crippen molar-refractivity contribution in [2.24, 2.45) is 11.7 Å². The van der Waals surface area contributed by atoms with Gasteiger partial charge in [-0.1, -0.05) is 18.6 Å². The number of rotatable bonds is 7. The molecule has 1 aliphatic carbocycles. The molecule has 1 amide bonds. The summed E-state index contributed by atoms with van der Waals surface area (Å²) in [4.78, 5) is 11.0. The number of amides is 1. The molecule has 1 aromatic heterocycles. The summed E-state index contributed by atoms with van der Waals surface area (Å²) in [5.41, 5.74) is 7.14. The Bertz CT molecular complexity index is 395. The molecular weight excluding hydrogens is 216 g/mol. The van der Waals surface area contributed by atoms with Crippen molar-refractivity contribution < 1.29 is 4.79 Å². The summed E-state index contributed by atoms with van der Waals surface area (Å²) in [7, 11) is 0. The first-order valence-corrected chi connectivity index (χ1v) is 6.40. The van der Waals surface area contributed by atoms with Gasteiger partial charge in [0.2, 0.25) is 5.91 Å². The molecule has 1 aromatic rings. The summed E-state index contributed by atoms with van der Waals surface area (Å²) in [6, 6.07) is 0. The second-order valence-electron chi connectivity index (χ2n) is 4.85. The first-order valence-electron chi connectivity index (χ1n) is 6.40. The molecule has 0 aliphatic heterocycles. The van der Waals surface area contributed by atoms with E-state index in [9.17, 15) is 4.79 Å². The van der Waals surface area contributed by atoms with Gasteiger partial charge in [0.25, 0.3) is 0 Å². The van der Waals surface area contributed by atoms with Gasteiger partial charge in [-0.05, 0) is 31.6 Å². The lowest BCUT2D eigenvalue weighted by Crippen LogP contribution is -2.16. The standard InChI is InChI=1S/C12H20N4O/c1-2-3-6-16-11(7-9-4-5-9)10(14-15-16)8-12(13)17/h9H,2-8H2,1H3,(H2,13,17). The molecular formula is C12H20N4O. The molecule has 1 heterocycles. The molecule has 0 atom stereocenters. The van der Waals surface area contributed by atoms with Crippen LogP contribution in [0.5, 0.6) is 0 Å². The van der Waals surface area contributed by atoms with Gasteiger partial charge >= 0.3 is 0 Å². The summed E-state index contributed by atoms with van der Waals surface area (Å²) < 4.78 is 1.96. The van der Waals surface area contributed by atoms with Crippen molar-refractivity contribution in [3.8, 4) is 0 Å². The number of nitrogens with zero attached hydrogens (tertiary/aromatic N) is 3. The number of aryl methyl sites for hydroxylation is 1. The van der Waals surface area contributed by atoms with Gasteiger partial charge in [-0.3, -0.25) is 4.79 Å². The van der Waals surface area contributed by atoms with Gasteiger partial charge in [0.05, 0.1) is 17.8 Å². The largest absolute Gasteiger partial charge is 0.369 e. The zero-order valence-electron chi connectivity index (χ0n) is 10.4. The highest BCUT2D eigenvalue weighted by Gasteiger charge is 2.26. The smallest absolute Gasteiger partial charge is 0.223 e. The number of carbonyl (C=O) groups is 1. The van der Waals surface area contributed by atoms with E-state index < -0.39 is 0 Å². The van der Waals surface area contributed by atoms with Crippen LogP contribution in [0, 0.1) is 5.92 Å². The van der Waals surface area contributed by atoms with E-state index in [4.69, 9.17) is 5.73 Å². The number of primary amides is 1. The molecule has 0 aromatic carbocycles. The Hall–Kier alpha value is -1.39. The third-order valence-corrected chi connectivity index (χ3v) is 3.16. The van der Waals surface area contributed by atoms with Crippen molar-refractivity contribution in [2.45, 2.75) is 52.0 Å². The fourth-order valence-electron chi connectivity index (χ4n) is 1.98. The van der Waals surface area contributed by atoms with Crippen LogP contribution in [0.1, 0.15) is 44.0 Å². The van der Waals surface area contributed by atoms with E-state index >= 15 is 0 Å². The second kappa shape index (κ2) is 5.29. The fourth-order valence-corrected chi connectivity index (χ4v) is 1.98. The number of hydrogen-bond donors (Lipinski definition) is 1. The zero-order chi connectivity index (χ0) is 12.3. The van der Waals surface area contributed by atoms with Gasteiger partial charge in [-0.25, -0.2) is 4.68 Å². The van der Waals surface area contributed by atoms with Crippen molar-refractivity contribution >= 4 is 5.91 Å². The van der Waals surface area contributed by atoms with E-state index in [2.05, 4.69) is 17.2 Å². The van der Waals surface area contributed by atoms with Crippen LogP contribution >= 0.6 is 0 Å². The maximum absolute atomic E-state index is 11.0. The highest BCUT2D eigenvalue weighted by molar-refractivity contribution is 5.76. The lowest BCUT2D eigenvalue weighted by molar-refractivity contribution is -0.117. The molecule has 1 aliphatic rings. The first kappa shape index (κ1) is 12.1. The summed E-state index contributed by atoms with van der Waals surface area (Å²) in [6.07, 6.45) is 6.02. The normalized spacial score (nSPS) is 15.1. The number of unbranched alkanes of at least 4 members (excludes halogenated alkanes) is 1. The average molecular weight is 236 g/mol. The maximum Gasteiger partial charge on any atom is 0.223 e. The summed E-state index contributed by atoms with van der Waals surface area (Å²) in [6.45, 7) is 3.05. The third-order valence-electron chi connectivity index (χ3n) is 3.16. The van der Waals surface area contributed by atoms with E-state index in [-0.39, 0.29) is 12.3 Å². The molecule has 2 rings (SSSR count). The summed E-state index contributed by atoms with van der Waals surface area (Å²) >= 11 is 0. The predicted molar refractivity (Wildman–Crippen MR) is 64.3 cm³/mol. The number of aromatic nitrogens is 3. The Balaban J connectivity index is 2.12. The van der Waals surface area contributed by atoms with Gasteiger partial charge in [0.15, 0.2) is 0 Å². The minimum atomic E-state index is -0.329. The number of nitrogens with two attached hydrogens (primary N) is 1. The lowest BCUT2D eigenvalue weighted by atomic mass is 10.1. The quantitative estimate of drug-likeness (QED) is 0.769. The van der Waals surface area contributed by atoms with Gasteiger partial charge in [-0.2, -0.15) is 0 Å². The van der Waals surface area contributed by atoms with Crippen LogP contribution in [0.15, 0.2) is 0 Å². The molecule has 0 radical (unpaired) electrons. The van der Waals surface area contributed by atoms with Crippen LogP contribution in [0.2, 0.25) is 0 Å². The summed E-state index contributed by atoms with van der Waals surface area (Å²) in [5.74, 6) is 0.435. The zero-order valence-corrected chi connectivity index (χ0v) is 10.4. The molecule has 5 heteroatoms. The first-order chi connectivity index (χ1) is 8.20. The van der Waals surface area contributed by atoms with Gasteiger partial charge in [-0.15, -0.1) is 5.10 Å². The van der Waals surface area contributed by atoms with E-state index in [0.717, 1.165) is 43.1 Å².